The van der Waals surface area contributed by atoms with Gasteiger partial charge < -0.3 is 10.6 Å². The summed E-state index contributed by atoms with van der Waals surface area (Å²) >= 11 is 5.99. The van der Waals surface area contributed by atoms with Gasteiger partial charge in [-0.1, -0.05) is 38.4 Å². The Labute approximate surface area is 108 Å². The van der Waals surface area contributed by atoms with Crippen LogP contribution in [0.2, 0.25) is 5.02 Å². The summed E-state index contributed by atoms with van der Waals surface area (Å²) in [5.74, 6) is 0. The highest BCUT2D eigenvalue weighted by Crippen LogP contribution is 2.22. The number of nitrogen functional groups attached to an aromatic ring is 1. The smallest absolute Gasteiger partial charge is 0.0638 e. The van der Waals surface area contributed by atoms with Crippen molar-refractivity contribution in [2.24, 2.45) is 5.41 Å². The van der Waals surface area contributed by atoms with Gasteiger partial charge in [0.15, 0.2) is 0 Å². The molecule has 0 heterocycles. The molecular formula is C13H21ClN2O. The van der Waals surface area contributed by atoms with Crippen molar-refractivity contribution in [1.29, 1.82) is 0 Å². The zero-order valence-corrected chi connectivity index (χ0v) is 11.7. The van der Waals surface area contributed by atoms with Gasteiger partial charge in [0, 0.05) is 13.1 Å². The van der Waals surface area contributed by atoms with Crippen LogP contribution in [0.4, 0.5) is 5.69 Å². The molecule has 4 heteroatoms. The van der Waals surface area contributed by atoms with Crippen molar-refractivity contribution in [3.8, 4) is 0 Å². The topological polar surface area (TPSA) is 38.5 Å². The molecule has 1 rings (SSSR count). The third-order valence-electron chi connectivity index (χ3n) is 2.33. The lowest BCUT2D eigenvalue weighted by Crippen LogP contribution is -2.31. The van der Waals surface area contributed by atoms with E-state index >= 15 is 0 Å². The Morgan fingerprint density at radius 3 is 2.47 bits per heavy atom. The molecule has 0 saturated heterocycles. The summed E-state index contributed by atoms with van der Waals surface area (Å²) in [5, 5.41) is 2.51. The first-order chi connectivity index (χ1) is 7.81. The highest BCUT2D eigenvalue weighted by atomic mass is 35.5. The predicted molar refractivity (Wildman–Crippen MR) is 72.7 cm³/mol. The molecule has 0 saturated carbocycles. The Kier molecular flexibility index (Phi) is 4.80. The molecule has 0 amide bonds. The van der Waals surface area contributed by atoms with Gasteiger partial charge in [0.1, 0.15) is 0 Å². The van der Waals surface area contributed by atoms with Crippen molar-refractivity contribution < 1.29 is 4.84 Å². The van der Waals surface area contributed by atoms with Crippen LogP contribution in [0.25, 0.3) is 0 Å². The Morgan fingerprint density at radius 1 is 1.35 bits per heavy atom. The van der Waals surface area contributed by atoms with Gasteiger partial charge in [-0.05, 0) is 23.1 Å². The number of hydrogen-bond acceptors (Lipinski definition) is 3. The molecule has 0 bridgehead atoms. The Hall–Kier alpha value is -0.770. The molecule has 17 heavy (non-hydrogen) atoms. The van der Waals surface area contributed by atoms with Gasteiger partial charge in [0.05, 0.1) is 17.8 Å². The Bertz CT molecular complexity index is 374. The Balaban J connectivity index is 2.70. The van der Waals surface area contributed by atoms with Gasteiger partial charge in [-0.15, -0.1) is 0 Å². The normalized spacial score (nSPS) is 12.1. The van der Waals surface area contributed by atoms with Crippen LogP contribution in [0.15, 0.2) is 18.2 Å². The van der Waals surface area contributed by atoms with E-state index in [1.54, 1.807) is 7.11 Å². The maximum Gasteiger partial charge on any atom is 0.0638 e. The molecule has 1 aromatic carbocycles. The quantitative estimate of drug-likeness (QED) is 0.663. The Morgan fingerprint density at radius 2 is 2.00 bits per heavy atom. The molecular weight excluding hydrogens is 236 g/mol. The number of hydroxylamine groups is 2. The predicted octanol–water partition coefficient (Wildman–Crippen LogP) is 3.33. The zero-order valence-electron chi connectivity index (χ0n) is 11.0. The second-order valence-corrected chi connectivity index (χ2v) is 5.80. The highest BCUT2D eigenvalue weighted by Gasteiger charge is 2.16. The lowest BCUT2D eigenvalue weighted by Gasteiger charge is -2.27. The largest absolute Gasteiger partial charge is 0.398 e. The molecule has 0 spiro atoms. The standard InChI is InChI=1S/C13H21ClN2O/c1-13(2,3)9-16(17-4)8-10-5-6-12(15)11(14)7-10/h5-7H,8-9,15H2,1-4H3. The summed E-state index contributed by atoms with van der Waals surface area (Å²) in [7, 11) is 1.69. The number of nitrogens with two attached hydrogens (primary N) is 1. The monoisotopic (exact) mass is 256 g/mol. The molecule has 0 aliphatic carbocycles. The number of anilines is 1. The van der Waals surface area contributed by atoms with E-state index in [9.17, 15) is 0 Å². The molecule has 0 aromatic heterocycles. The van der Waals surface area contributed by atoms with Crippen molar-refractivity contribution >= 4 is 17.3 Å². The number of nitrogens with zero attached hydrogens (tertiary/aromatic N) is 1. The van der Waals surface area contributed by atoms with E-state index in [0.29, 0.717) is 17.3 Å². The molecule has 96 valence electrons. The van der Waals surface area contributed by atoms with E-state index in [4.69, 9.17) is 22.2 Å². The van der Waals surface area contributed by atoms with E-state index in [1.807, 2.05) is 23.3 Å². The number of hydrogen-bond donors (Lipinski definition) is 1. The SMILES string of the molecule is CON(Cc1ccc(N)c(Cl)c1)CC(C)(C)C. The summed E-state index contributed by atoms with van der Waals surface area (Å²) in [4.78, 5) is 5.36. The van der Waals surface area contributed by atoms with Crippen LogP contribution in [0.3, 0.4) is 0 Å². The molecule has 0 unspecified atom stereocenters. The van der Waals surface area contributed by atoms with Crippen LogP contribution in [-0.2, 0) is 11.4 Å². The minimum absolute atomic E-state index is 0.188. The minimum atomic E-state index is 0.188. The van der Waals surface area contributed by atoms with Gasteiger partial charge >= 0.3 is 0 Å². The third-order valence-corrected chi connectivity index (χ3v) is 2.66. The first-order valence-corrected chi connectivity index (χ1v) is 6.02. The molecule has 2 N–H and O–H groups in total. The fraction of sp³-hybridized carbons (Fsp3) is 0.538. The lowest BCUT2D eigenvalue weighted by atomic mass is 9.97. The molecule has 3 nitrogen and oxygen atoms in total. The van der Waals surface area contributed by atoms with Crippen molar-refractivity contribution in [2.45, 2.75) is 27.3 Å². The highest BCUT2D eigenvalue weighted by molar-refractivity contribution is 6.33. The fourth-order valence-corrected chi connectivity index (χ4v) is 1.79. The van der Waals surface area contributed by atoms with Crippen LogP contribution in [0.5, 0.6) is 0 Å². The second kappa shape index (κ2) is 5.71. The number of halogens is 1. The van der Waals surface area contributed by atoms with Crippen molar-refractivity contribution in [1.82, 2.24) is 5.06 Å². The van der Waals surface area contributed by atoms with Crippen LogP contribution in [0.1, 0.15) is 26.3 Å². The fourth-order valence-electron chi connectivity index (χ4n) is 1.59. The maximum atomic E-state index is 5.99. The molecule has 0 fully saturated rings. The third kappa shape index (κ3) is 4.94. The summed E-state index contributed by atoms with van der Waals surface area (Å²) in [6, 6.07) is 5.67. The van der Waals surface area contributed by atoms with Crippen LogP contribution >= 0.6 is 11.6 Å². The van der Waals surface area contributed by atoms with Gasteiger partial charge in [0.2, 0.25) is 0 Å². The van der Waals surface area contributed by atoms with E-state index in [2.05, 4.69) is 20.8 Å². The average Bonchev–Trinajstić information content (AvgIpc) is 2.20. The van der Waals surface area contributed by atoms with Crippen LogP contribution in [0, 0.1) is 5.41 Å². The molecule has 1 aromatic rings. The van der Waals surface area contributed by atoms with Gasteiger partial charge in [-0.25, -0.2) is 0 Å². The summed E-state index contributed by atoms with van der Waals surface area (Å²) < 4.78 is 0. The minimum Gasteiger partial charge on any atom is -0.398 e. The van der Waals surface area contributed by atoms with Gasteiger partial charge in [0.25, 0.3) is 0 Å². The summed E-state index contributed by atoms with van der Waals surface area (Å²) in [6.07, 6.45) is 0. The number of rotatable bonds is 4. The van der Waals surface area contributed by atoms with E-state index < -0.39 is 0 Å². The zero-order chi connectivity index (χ0) is 13.1. The second-order valence-electron chi connectivity index (χ2n) is 5.40. The first kappa shape index (κ1) is 14.3. The van der Waals surface area contributed by atoms with Crippen molar-refractivity contribution in [3.63, 3.8) is 0 Å². The maximum absolute atomic E-state index is 5.99. The summed E-state index contributed by atoms with van der Waals surface area (Å²) in [6.45, 7) is 8.08. The lowest BCUT2D eigenvalue weighted by molar-refractivity contribution is -0.154. The van der Waals surface area contributed by atoms with Crippen LogP contribution < -0.4 is 5.73 Å². The molecule has 0 atom stereocenters. The molecule has 0 aliphatic heterocycles. The van der Waals surface area contributed by atoms with Crippen molar-refractivity contribution in [3.05, 3.63) is 28.8 Å². The molecule has 0 aliphatic rings. The molecule has 0 radical (unpaired) electrons. The van der Waals surface area contributed by atoms with E-state index in [0.717, 1.165) is 12.1 Å². The van der Waals surface area contributed by atoms with Gasteiger partial charge in [-0.3, -0.25) is 0 Å². The summed E-state index contributed by atoms with van der Waals surface area (Å²) in [5.41, 5.74) is 7.56. The van der Waals surface area contributed by atoms with Crippen molar-refractivity contribution in [2.75, 3.05) is 19.4 Å². The van der Waals surface area contributed by atoms with Crippen LogP contribution in [-0.4, -0.2) is 18.7 Å². The van der Waals surface area contributed by atoms with E-state index in [-0.39, 0.29) is 5.41 Å². The average molecular weight is 257 g/mol. The van der Waals surface area contributed by atoms with Gasteiger partial charge in [-0.2, -0.15) is 5.06 Å². The van der Waals surface area contributed by atoms with E-state index in [1.165, 1.54) is 0 Å². The number of benzene rings is 1. The first-order valence-electron chi connectivity index (χ1n) is 5.65.